The van der Waals surface area contributed by atoms with Gasteiger partial charge in [-0.25, -0.2) is 14.0 Å². The van der Waals surface area contributed by atoms with Gasteiger partial charge in [0, 0.05) is 9.79 Å². The van der Waals surface area contributed by atoms with Gasteiger partial charge in [0.2, 0.25) is 5.95 Å². The summed E-state index contributed by atoms with van der Waals surface area (Å²) in [6.07, 6.45) is -0.633. The highest BCUT2D eigenvalue weighted by atomic mass is 32.2. The van der Waals surface area contributed by atoms with Crippen molar-refractivity contribution in [1.82, 2.24) is 9.97 Å². The number of nitrogens with one attached hydrogen (secondary N) is 2. The number of hydrogen-bond acceptors (Lipinski definition) is 5. The number of ether oxygens (including phenoxy) is 1. The van der Waals surface area contributed by atoms with Gasteiger partial charge in [0.05, 0.1) is 40.6 Å². The molecular weight excluding hydrogens is 328 g/mol. The Morgan fingerprint density at radius 3 is 2.83 bits per heavy atom. The van der Waals surface area contributed by atoms with Crippen molar-refractivity contribution in [2.45, 2.75) is 9.79 Å². The van der Waals surface area contributed by atoms with E-state index in [0.29, 0.717) is 26.4 Å². The summed E-state index contributed by atoms with van der Waals surface area (Å²) in [5, 5.41) is 11.4. The number of rotatable bonds is 3. The van der Waals surface area contributed by atoms with Crippen LogP contribution in [0.2, 0.25) is 0 Å². The number of nitriles is 1. The third kappa shape index (κ3) is 3.11. The van der Waals surface area contributed by atoms with Crippen LogP contribution in [-0.4, -0.2) is 27.4 Å². The van der Waals surface area contributed by atoms with Gasteiger partial charge < -0.3 is 9.72 Å². The smallest absolute Gasteiger partial charge is 0.413 e. The number of carbonyl (C=O) groups is 1. The molecule has 0 fully saturated rings. The summed E-state index contributed by atoms with van der Waals surface area (Å²) in [6, 6.07) is 13.8. The van der Waals surface area contributed by atoms with Crippen molar-refractivity contribution in [2.24, 2.45) is 0 Å². The lowest BCUT2D eigenvalue weighted by atomic mass is 10.2. The van der Waals surface area contributed by atoms with Gasteiger partial charge in [-0.2, -0.15) is 5.26 Å². The highest BCUT2D eigenvalue weighted by Crippen LogP contribution is 2.22. The fraction of sp³-hybridized carbons (Fsp3) is 0.0625. The molecule has 2 N–H and O–H groups in total. The van der Waals surface area contributed by atoms with Gasteiger partial charge in [0.15, 0.2) is 0 Å². The zero-order chi connectivity index (χ0) is 17.1. The van der Waals surface area contributed by atoms with Gasteiger partial charge in [-0.05, 0) is 36.4 Å². The molecule has 0 radical (unpaired) electrons. The molecule has 0 aliphatic carbocycles. The summed E-state index contributed by atoms with van der Waals surface area (Å²) >= 11 is 0. The summed E-state index contributed by atoms with van der Waals surface area (Å²) < 4.78 is 17.2. The van der Waals surface area contributed by atoms with E-state index in [1.807, 2.05) is 6.07 Å². The van der Waals surface area contributed by atoms with Crippen molar-refractivity contribution in [3.63, 3.8) is 0 Å². The Balaban J connectivity index is 1.93. The number of amides is 1. The van der Waals surface area contributed by atoms with Gasteiger partial charge in [-0.3, -0.25) is 5.32 Å². The van der Waals surface area contributed by atoms with Crippen molar-refractivity contribution in [3.8, 4) is 6.07 Å². The minimum atomic E-state index is -1.43. The van der Waals surface area contributed by atoms with E-state index in [0.717, 1.165) is 0 Å². The number of carbonyl (C=O) groups excluding carboxylic acids is 1. The van der Waals surface area contributed by atoms with Crippen LogP contribution in [-0.2, 0) is 15.5 Å². The van der Waals surface area contributed by atoms with Crippen LogP contribution in [0.3, 0.4) is 0 Å². The lowest BCUT2D eigenvalue weighted by Crippen LogP contribution is -2.11. The molecule has 1 atom stereocenters. The Bertz CT molecular complexity index is 990. The minimum absolute atomic E-state index is 0.242. The van der Waals surface area contributed by atoms with Crippen molar-refractivity contribution in [1.29, 1.82) is 5.26 Å². The number of H-pyrrole nitrogens is 1. The number of aromatic nitrogens is 2. The number of fused-ring (bicyclic) bond motifs is 1. The molecule has 0 saturated carbocycles. The Labute approximate surface area is 139 Å². The molecule has 0 aliphatic rings. The molecule has 2 aromatic carbocycles. The van der Waals surface area contributed by atoms with Gasteiger partial charge in [0.1, 0.15) is 0 Å². The zero-order valence-electron chi connectivity index (χ0n) is 12.6. The highest BCUT2D eigenvalue weighted by molar-refractivity contribution is 7.85. The second kappa shape index (κ2) is 6.52. The summed E-state index contributed by atoms with van der Waals surface area (Å²) in [7, 11) is -0.170. The van der Waals surface area contributed by atoms with Crippen LogP contribution in [0.25, 0.3) is 11.0 Å². The number of benzene rings is 2. The molecule has 3 rings (SSSR count). The fourth-order valence-electron chi connectivity index (χ4n) is 2.13. The molecule has 1 heterocycles. The average molecular weight is 340 g/mol. The third-order valence-electron chi connectivity index (χ3n) is 3.25. The van der Waals surface area contributed by atoms with Crippen LogP contribution >= 0.6 is 0 Å². The van der Waals surface area contributed by atoms with E-state index in [1.165, 1.54) is 7.11 Å². The molecule has 24 heavy (non-hydrogen) atoms. The molecule has 1 amide bonds. The van der Waals surface area contributed by atoms with E-state index >= 15 is 0 Å². The van der Waals surface area contributed by atoms with E-state index < -0.39 is 16.9 Å². The fourth-order valence-corrected chi connectivity index (χ4v) is 3.25. The predicted octanol–water partition coefficient (Wildman–Crippen LogP) is 2.78. The SMILES string of the molecule is COC(=O)Nc1nc2ccc(S(=O)c3cccc(C#N)c3)cc2[nH]1. The minimum Gasteiger partial charge on any atom is -0.453 e. The molecule has 0 spiro atoms. The second-order valence-corrected chi connectivity index (χ2v) is 6.27. The molecule has 1 aromatic heterocycles. The summed E-state index contributed by atoms with van der Waals surface area (Å²) in [4.78, 5) is 19.4. The van der Waals surface area contributed by atoms with Crippen molar-refractivity contribution >= 4 is 33.9 Å². The van der Waals surface area contributed by atoms with E-state index in [-0.39, 0.29) is 5.95 Å². The Morgan fingerprint density at radius 1 is 1.29 bits per heavy atom. The van der Waals surface area contributed by atoms with E-state index in [4.69, 9.17) is 5.26 Å². The summed E-state index contributed by atoms with van der Waals surface area (Å²) in [5.74, 6) is 0.242. The van der Waals surface area contributed by atoms with Crippen LogP contribution in [0.15, 0.2) is 52.3 Å². The van der Waals surface area contributed by atoms with Crippen molar-refractivity contribution in [3.05, 3.63) is 48.0 Å². The molecule has 3 aromatic rings. The normalized spacial score (nSPS) is 11.7. The second-order valence-electron chi connectivity index (χ2n) is 4.79. The maximum absolute atomic E-state index is 12.7. The number of anilines is 1. The van der Waals surface area contributed by atoms with Crippen LogP contribution in [0.1, 0.15) is 5.56 Å². The molecule has 0 saturated heterocycles. The number of nitrogens with zero attached hydrogens (tertiary/aromatic N) is 2. The van der Waals surface area contributed by atoms with Crippen LogP contribution in [0.5, 0.6) is 0 Å². The van der Waals surface area contributed by atoms with Crippen LogP contribution in [0, 0.1) is 11.3 Å². The zero-order valence-corrected chi connectivity index (χ0v) is 13.4. The molecule has 0 bridgehead atoms. The quantitative estimate of drug-likeness (QED) is 0.762. The summed E-state index contributed by atoms with van der Waals surface area (Å²) in [5.41, 5.74) is 1.70. The number of aromatic amines is 1. The Hall–Kier alpha value is -3.18. The Kier molecular flexibility index (Phi) is 4.26. The van der Waals surface area contributed by atoms with Crippen LogP contribution in [0.4, 0.5) is 10.7 Å². The topological polar surface area (TPSA) is 108 Å². The average Bonchev–Trinajstić information content (AvgIpc) is 3.02. The maximum atomic E-state index is 12.7. The first kappa shape index (κ1) is 15.7. The van der Waals surface area contributed by atoms with Gasteiger partial charge in [-0.15, -0.1) is 0 Å². The van der Waals surface area contributed by atoms with Gasteiger partial charge in [0.25, 0.3) is 0 Å². The third-order valence-corrected chi connectivity index (χ3v) is 4.61. The molecule has 8 heteroatoms. The molecular formula is C16H12N4O3S. The van der Waals surface area contributed by atoms with E-state index in [2.05, 4.69) is 20.0 Å². The first-order valence-corrected chi connectivity index (χ1v) is 8.02. The molecule has 0 aliphatic heterocycles. The maximum Gasteiger partial charge on any atom is 0.413 e. The first-order chi connectivity index (χ1) is 11.6. The van der Waals surface area contributed by atoms with Crippen LogP contribution < -0.4 is 5.32 Å². The highest BCUT2D eigenvalue weighted by Gasteiger charge is 2.11. The Morgan fingerprint density at radius 2 is 2.08 bits per heavy atom. The standard InChI is InChI=1S/C16H12N4O3S/c1-23-16(21)20-15-18-13-6-5-12(8-14(13)19-15)24(22)11-4-2-3-10(7-11)9-17/h2-8H,1H3,(H2,18,19,20,21). The first-order valence-electron chi connectivity index (χ1n) is 6.87. The molecule has 1 unspecified atom stereocenters. The largest absolute Gasteiger partial charge is 0.453 e. The van der Waals surface area contributed by atoms with Gasteiger partial charge in [-0.1, -0.05) is 6.07 Å². The van der Waals surface area contributed by atoms with Crippen molar-refractivity contribution in [2.75, 3.05) is 12.4 Å². The monoisotopic (exact) mass is 340 g/mol. The lowest BCUT2D eigenvalue weighted by molar-refractivity contribution is 0.186. The number of methoxy groups -OCH3 is 1. The van der Waals surface area contributed by atoms with E-state index in [9.17, 15) is 9.00 Å². The molecule has 7 nitrogen and oxygen atoms in total. The molecule has 120 valence electrons. The van der Waals surface area contributed by atoms with Gasteiger partial charge >= 0.3 is 6.09 Å². The lowest BCUT2D eigenvalue weighted by Gasteiger charge is -2.02. The predicted molar refractivity (Wildman–Crippen MR) is 88.0 cm³/mol. The number of imidazole rings is 1. The van der Waals surface area contributed by atoms with E-state index in [1.54, 1.807) is 42.5 Å². The summed E-state index contributed by atoms with van der Waals surface area (Å²) in [6.45, 7) is 0. The van der Waals surface area contributed by atoms with Crippen molar-refractivity contribution < 1.29 is 13.7 Å². The number of hydrogen-bond donors (Lipinski definition) is 2.